The van der Waals surface area contributed by atoms with E-state index in [1.54, 1.807) is 6.92 Å². The Balaban J connectivity index is 2.92. The molecule has 0 spiro atoms. The average molecular weight is 234 g/mol. The third kappa shape index (κ3) is 3.14. The van der Waals surface area contributed by atoms with Crippen LogP contribution in [0.2, 0.25) is 5.02 Å². The second kappa shape index (κ2) is 4.90. The van der Waals surface area contributed by atoms with Crippen LogP contribution in [0.25, 0.3) is 0 Å². The summed E-state index contributed by atoms with van der Waals surface area (Å²) in [4.78, 5) is 0. The Bertz CT molecular complexity index is 337. The zero-order valence-electron chi connectivity index (χ0n) is 8.56. The number of benzene rings is 1. The molecule has 0 heterocycles. The highest BCUT2D eigenvalue weighted by atomic mass is 35.5. The van der Waals surface area contributed by atoms with E-state index in [2.05, 4.69) is 0 Å². The highest BCUT2D eigenvalue weighted by molar-refractivity contribution is 6.31. The standard InChI is InChI=1S/C11H14ClF2N/c1-2-11(14,7-15)6-8-5-9(13)3-4-10(8)12/h3-5H,2,6-7,15H2,1H3. The van der Waals surface area contributed by atoms with Crippen molar-refractivity contribution in [3.8, 4) is 0 Å². The van der Waals surface area contributed by atoms with Gasteiger partial charge in [0.1, 0.15) is 11.5 Å². The number of nitrogens with two attached hydrogens (primary N) is 1. The van der Waals surface area contributed by atoms with Crippen LogP contribution in [-0.4, -0.2) is 12.2 Å². The van der Waals surface area contributed by atoms with Crippen LogP contribution in [0.4, 0.5) is 8.78 Å². The highest BCUT2D eigenvalue weighted by Crippen LogP contribution is 2.26. The second-order valence-electron chi connectivity index (χ2n) is 3.62. The van der Waals surface area contributed by atoms with Crippen molar-refractivity contribution in [1.82, 2.24) is 0 Å². The predicted molar refractivity (Wildman–Crippen MR) is 58.3 cm³/mol. The molecule has 2 N–H and O–H groups in total. The Kier molecular flexibility index (Phi) is 4.05. The van der Waals surface area contributed by atoms with Gasteiger partial charge in [-0.2, -0.15) is 0 Å². The van der Waals surface area contributed by atoms with Crippen molar-refractivity contribution in [2.45, 2.75) is 25.4 Å². The number of halogens is 3. The molecule has 0 amide bonds. The van der Waals surface area contributed by atoms with Crippen molar-refractivity contribution in [3.05, 3.63) is 34.6 Å². The molecule has 15 heavy (non-hydrogen) atoms. The molecule has 0 bridgehead atoms. The first-order valence-electron chi connectivity index (χ1n) is 4.83. The molecular weight excluding hydrogens is 220 g/mol. The molecule has 1 unspecified atom stereocenters. The van der Waals surface area contributed by atoms with Gasteiger partial charge in [-0.3, -0.25) is 0 Å². The molecule has 0 aromatic heterocycles. The Morgan fingerprint density at radius 1 is 1.47 bits per heavy atom. The summed E-state index contributed by atoms with van der Waals surface area (Å²) in [5, 5.41) is 0.375. The van der Waals surface area contributed by atoms with Gasteiger partial charge >= 0.3 is 0 Å². The summed E-state index contributed by atoms with van der Waals surface area (Å²) in [6.07, 6.45) is 0.340. The average Bonchev–Trinajstić information content (AvgIpc) is 2.23. The maximum absolute atomic E-state index is 13.9. The fourth-order valence-corrected chi connectivity index (χ4v) is 1.55. The molecular formula is C11H14ClF2N. The third-order valence-electron chi connectivity index (χ3n) is 2.51. The van der Waals surface area contributed by atoms with Gasteiger partial charge in [-0.1, -0.05) is 18.5 Å². The fraction of sp³-hybridized carbons (Fsp3) is 0.455. The van der Waals surface area contributed by atoms with E-state index in [4.69, 9.17) is 17.3 Å². The van der Waals surface area contributed by atoms with Gasteiger partial charge in [-0.05, 0) is 30.2 Å². The van der Waals surface area contributed by atoms with Gasteiger partial charge in [0.05, 0.1) is 0 Å². The summed E-state index contributed by atoms with van der Waals surface area (Å²) in [7, 11) is 0. The van der Waals surface area contributed by atoms with Crippen LogP contribution >= 0.6 is 11.6 Å². The lowest BCUT2D eigenvalue weighted by Gasteiger charge is -2.22. The lowest BCUT2D eigenvalue weighted by molar-refractivity contribution is 0.167. The van der Waals surface area contributed by atoms with Crippen molar-refractivity contribution in [2.24, 2.45) is 5.73 Å². The van der Waals surface area contributed by atoms with Gasteiger partial charge in [-0.15, -0.1) is 0 Å². The largest absolute Gasteiger partial charge is 0.328 e. The molecule has 0 aliphatic rings. The highest BCUT2D eigenvalue weighted by Gasteiger charge is 2.26. The number of hydrogen-bond acceptors (Lipinski definition) is 1. The summed E-state index contributed by atoms with van der Waals surface area (Å²) in [5.41, 5.74) is 4.30. The maximum Gasteiger partial charge on any atom is 0.127 e. The van der Waals surface area contributed by atoms with Gasteiger partial charge in [0.2, 0.25) is 0 Å². The second-order valence-corrected chi connectivity index (χ2v) is 4.03. The van der Waals surface area contributed by atoms with Crippen molar-refractivity contribution in [1.29, 1.82) is 0 Å². The van der Waals surface area contributed by atoms with Gasteiger partial charge < -0.3 is 5.73 Å². The number of alkyl halides is 1. The van der Waals surface area contributed by atoms with E-state index in [9.17, 15) is 8.78 Å². The minimum atomic E-state index is -1.50. The summed E-state index contributed by atoms with van der Waals surface area (Å²) < 4.78 is 26.9. The molecule has 0 aliphatic heterocycles. The molecule has 1 aromatic rings. The molecule has 0 saturated carbocycles. The Hall–Kier alpha value is -0.670. The summed E-state index contributed by atoms with van der Waals surface area (Å²) >= 11 is 5.84. The van der Waals surface area contributed by atoms with E-state index < -0.39 is 11.5 Å². The molecule has 84 valence electrons. The van der Waals surface area contributed by atoms with E-state index in [0.717, 1.165) is 0 Å². The quantitative estimate of drug-likeness (QED) is 0.850. The predicted octanol–water partition coefficient (Wildman–Crippen LogP) is 3.10. The molecule has 1 nitrogen and oxygen atoms in total. The fourth-order valence-electron chi connectivity index (χ4n) is 1.36. The molecule has 1 aromatic carbocycles. The molecule has 4 heteroatoms. The zero-order chi connectivity index (χ0) is 11.5. The zero-order valence-corrected chi connectivity index (χ0v) is 9.32. The van der Waals surface area contributed by atoms with Crippen LogP contribution in [0.3, 0.4) is 0 Å². The number of rotatable bonds is 4. The summed E-state index contributed by atoms with van der Waals surface area (Å²) in [6, 6.07) is 3.93. The molecule has 0 saturated heterocycles. The van der Waals surface area contributed by atoms with Crippen LogP contribution in [0.1, 0.15) is 18.9 Å². The topological polar surface area (TPSA) is 26.0 Å². The van der Waals surface area contributed by atoms with Gasteiger partial charge in [0.15, 0.2) is 0 Å². The monoisotopic (exact) mass is 233 g/mol. The lowest BCUT2D eigenvalue weighted by Crippen LogP contribution is -2.34. The first kappa shape index (κ1) is 12.4. The maximum atomic E-state index is 13.9. The van der Waals surface area contributed by atoms with Crippen molar-refractivity contribution in [2.75, 3.05) is 6.54 Å². The Morgan fingerprint density at radius 2 is 2.13 bits per heavy atom. The first-order valence-corrected chi connectivity index (χ1v) is 5.21. The van der Waals surface area contributed by atoms with Crippen LogP contribution in [0.5, 0.6) is 0 Å². The summed E-state index contributed by atoms with van der Waals surface area (Å²) in [5.74, 6) is -0.412. The molecule has 0 fully saturated rings. The minimum absolute atomic E-state index is 0.0522. The van der Waals surface area contributed by atoms with E-state index in [1.807, 2.05) is 0 Å². The lowest BCUT2D eigenvalue weighted by atomic mass is 9.94. The minimum Gasteiger partial charge on any atom is -0.328 e. The Labute approximate surface area is 93.2 Å². The van der Waals surface area contributed by atoms with E-state index in [-0.39, 0.29) is 19.4 Å². The normalized spacial score (nSPS) is 15.0. The molecule has 1 atom stereocenters. The van der Waals surface area contributed by atoms with Crippen molar-refractivity contribution >= 4 is 11.6 Å². The third-order valence-corrected chi connectivity index (χ3v) is 2.88. The SMILES string of the molecule is CCC(F)(CN)Cc1cc(F)ccc1Cl. The van der Waals surface area contributed by atoms with Crippen molar-refractivity contribution in [3.63, 3.8) is 0 Å². The van der Waals surface area contributed by atoms with Crippen LogP contribution in [0.15, 0.2) is 18.2 Å². The van der Waals surface area contributed by atoms with E-state index in [1.165, 1.54) is 18.2 Å². The van der Waals surface area contributed by atoms with Gasteiger partial charge in [0.25, 0.3) is 0 Å². The van der Waals surface area contributed by atoms with Crippen LogP contribution in [0, 0.1) is 5.82 Å². The first-order chi connectivity index (χ1) is 7.00. The van der Waals surface area contributed by atoms with E-state index >= 15 is 0 Å². The van der Waals surface area contributed by atoms with Gasteiger partial charge in [0, 0.05) is 18.0 Å². The van der Waals surface area contributed by atoms with Crippen LogP contribution < -0.4 is 5.73 Å². The van der Waals surface area contributed by atoms with Crippen molar-refractivity contribution < 1.29 is 8.78 Å². The van der Waals surface area contributed by atoms with E-state index in [0.29, 0.717) is 10.6 Å². The van der Waals surface area contributed by atoms with Gasteiger partial charge in [-0.25, -0.2) is 8.78 Å². The molecule has 0 aliphatic carbocycles. The Morgan fingerprint density at radius 3 is 2.67 bits per heavy atom. The molecule has 1 rings (SSSR count). The van der Waals surface area contributed by atoms with Crippen LogP contribution in [-0.2, 0) is 6.42 Å². The smallest absolute Gasteiger partial charge is 0.127 e. The summed E-state index contributed by atoms with van der Waals surface area (Å²) in [6.45, 7) is 1.62. The molecule has 0 radical (unpaired) electrons. The number of hydrogen-bond donors (Lipinski definition) is 1.